The molecule has 238 valence electrons. The second-order valence-electron chi connectivity index (χ2n) is 10.6. The lowest BCUT2D eigenvalue weighted by molar-refractivity contribution is -0.127. The number of aryl methyl sites for hydroxylation is 1. The van der Waals surface area contributed by atoms with Crippen molar-refractivity contribution in [3.63, 3.8) is 0 Å². The number of carbonyl (C=O) groups excluding carboxylic acids is 4. The maximum Gasteiger partial charge on any atom is 0.239 e. The average Bonchev–Trinajstić information content (AvgIpc) is 2.97. The van der Waals surface area contributed by atoms with E-state index < -0.39 is 0 Å². The number of hydrogen-bond acceptors (Lipinski definition) is 6. The zero-order valence-electron chi connectivity index (χ0n) is 27.3. The number of rotatable bonds is 14. The van der Waals surface area contributed by atoms with E-state index >= 15 is 0 Å². The summed E-state index contributed by atoms with van der Waals surface area (Å²) in [4.78, 5) is 43.1. The van der Waals surface area contributed by atoms with Gasteiger partial charge in [0.2, 0.25) is 18.2 Å². The number of methoxy groups -OCH3 is 1. The van der Waals surface area contributed by atoms with Crippen LogP contribution in [0.2, 0.25) is 0 Å². The Balaban J connectivity index is -0.000000518. The third-order valence-electron chi connectivity index (χ3n) is 5.42. The van der Waals surface area contributed by atoms with Gasteiger partial charge in [-0.1, -0.05) is 81.1 Å². The molecule has 0 aliphatic heterocycles. The molecule has 1 aromatic rings. The number of likely N-dealkylation sites (N-methyl/N-ethyl adjacent to an activating group) is 2. The van der Waals surface area contributed by atoms with E-state index in [0.29, 0.717) is 18.7 Å². The van der Waals surface area contributed by atoms with E-state index in [0.717, 1.165) is 24.7 Å². The minimum absolute atomic E-state index is 0.0333. The van der Waals surface area contributed by atoms with Crippen LogP contribution in [0.1, 0.15) is 59.9 Å². The number of allylic oxidation sites excluding steroid dienone is 4. The fourth-order valence-electron chi connectivity index (χ4n) is 2.71. The molecule has 42 heavy (non-hydrogen) atoms. The summed E-state index contributed by atoms with van der Waals surface area (Å²) in [6.45, 7) is 19.3. The maximum atomic E-state index is 11.6. The fourth-order valence-corrected chi connectivity index (χ4v) is 2.71. The molecule has 0 bridgehead atoms. The van der Waals surface area contributed by atoms with Gasteiger partial charge in [-0.05, 0) is 65.5 Å². The van der Waals surface area contributed by atoms with Gasteiger partial charge < -0.3 is 30.8 Å². The van der Waals surface area contributed by atoms with Gasteiger partial charge in [-0.25, -0.2) is 0 Å². The van der Waals surface area contributed by atoms with Gasteiger partial charge in [0.25, 0.3) is 0 Å². The second-order valence-corrected chi connectivity index (χ2v) is 10.6. The van der Waals surface area contributed by atoms with Crippen molar-refractivity contribution < 1.29 is 23.9 Å². The quantitative estimate of drug-likeness (QED) is 0.191. The van der Waals surface area contributed by atoms with Gasteiger partial charge in [-0.2, -0.15) is 0 Å². The third-order valence-corrected chi connectivity index (χ3v) is 5.42. The van der Waals surface area contributed by atoms with E-state index in [2.05, 4.69) is 48.3 Å². The first-order chi connectivity index (χ1) is 19.7. The number of benzene rings is 1. The van der Waals surface area contributed by atoms with Crippen LogP contribution in [0.3, 0.4) is 0 Å². The molecule has 0 aromatic heterocycles. The Labute approximate surface area is 254 Å². The van der Waals surface area contributed by atoms with Crippen molar-refractivity contribution in [1.82, 2.24) is 21.3 Å². The van der Waals surface area contributed by atoms with E-state index in [9.17, 15) is 19.2 Å². The highest BCUT2D eigenvalue weighted by Gasteiger charge is 2.17. The van der Waals surface area contributed by atoms with Crippen LogP contribution in [-0.4, -0.2) is 69.9 Å². The summed E-state index contributed by atoms with van der Waals surface area (Å²) < 4.78 is 4.94. The van der Waals surface area contributed by atoms with Crippen molar-refractivity contribution in [2.45, 2.75) is 78.5 Å². The molecular formula is C33H56N4O5. The monoisotopic (exact) mass is 588 g/mol. The highest BCUT2D eigenvalue weighted by atomic mass is 16.5. The first-order valence-corrected chi connectivity index (χ1v) is 14.1. The van der Waals surface area contributed by atoms with Crippen LogP contribution in [0.5, 0.6) is 0 Å². The van der Waals surface area contributed by atoms with E-state index in [4.69, 9.17) is 4.74 Å². The predicted octanol–water partition coefficient (Wildman–Crippen LogP) is 4.15. The van der Waals surface area contributed by atoms with Crippen LogP contribution in [0.25, 0.3) is 0 Å². The first kappa shape index (κ1) is 42.9. The molecule has 3 amide bonds. The predicted molar refractivity (Wildman–Crippen MR) is 174 cm³/mol. The van der Waals surface area contributed by atoms with Gasteiger partial charge >= 0.3 is 0 Å². The standard InChI is InChI=1S/C11H13NO2.C10H21N3O2.C7H10.C5H12O/c13-8-11(12-9-14)7-6-10-4-2-1-3-5-10;1-7(2)5-8(11-3)10(15)13-6-9(14)12-4;1-4-6-7(3)5-2;1-5(2,3)6-4/h1-5,8-9,11H,6-7H2,(H,12,14);7-8,11H,5-6H2,1-4H3,(H,12,14)(H,13,15);4-6H,1-2H2,3H3;1-4H3/b;;7-6-;. The van der Waals surface area contributed by atoms with Gasteiger partial charge in [0, 0.05) is 14.2 Å². The Bertz CT molecular complexity index is 909. The minimum atomic E-state index is -0.368. The molecule has 2 atom stereocenters. The molecule has 0 fully saturated rings. The summed E-state index contributed by atoms with van der Waals surface area (Å²) in [5.41, 5.74) is 2.36. The van der Waals surface area contributed by atoms with Crippen LogP contribution < -0.4 is 21.3 Å². The van der Waals surface area contributed by atoms with Gasteiger partial charge in [0.05, 0.1) is 24.2 Å². The minimum Gasteiger partial charge on any atom is -0.379 e. The molecule has 4 N–H and O–H groups in total. The van der Waals surface area contributed by atoms with Gasteiger partial charge in [-0.15, -0.1) is 0 Å². The van der Waals surface area contributed by atoms with Gasteiger partial charge in [0.1, 0.15) is 6.29 Å². The Kier molecular flexibility index (Phi) is 28.2. The summed E-state index contributed by atoms with van der Waals surface area (Å²) in [6.07, 6.45) is 8.97. The van der Waals surface area contributed by atoms with Crippen molar-refractivity contribution in [3.8, 4) is 0 Å². The van der Waals surface area contributed by atoms with Crippen LogP contribution >= 0.6 is 0 Å². The van der Waals surface area contributed by atoms with Gasteiger partial charge in [0.15, 0.2) is 0 Å². The Morgan fingerprint density at radius 2 is 1.62 bits per heavy atom. The molecule has 0 heterocycles. The smallest absolute Gasteiger partial charge is 0.239 e. The normalized spacial score (nSPS) is 11.8. The van der Waals surface area contributed by atoms with E-state index in [1.807, 2.05) is 64.1 Å². The average molecular weight is 589 g/mol. The summed E-state index contributed by atoms with van der Waals surface area (Å²) in [6, 6.07) is 9.27. The Morgan fingerprint density at radius 1 is 1.05 bits per heavy atom. The Hall–Kier alpha value is -3.56. The van der Waals surface area contributed by atoms with Crippen LogP contribution in [0.4, 0.5) is 0 Å². The van der Waals surface area contributed by atoms with Crippen molar-refractivity contribution in [3.05, 3.63) is 72.9 Å². The first-order valence-electron chi connectivity index (χ1n) is 14.1. The van der Waals surface area contributed by atoms with E-state index in [-0.39, 0.29) is 36.0 Å². The summed E-state index contributed by atoms with van der Waals surface area (Å²) >= 11 is 0. The number of amides is 3. The lowest BCUT2D eigenvalue weighted by Gasteiger charge is -2.17. The molecular weight excluding hydrogens is 532 g/mol. The van der Waals surface area contributed by atoms with Crippen molar-refractivity contribution >= 4 is 24.5 Å². The molecule has 0 aliphatic carbocycles. The number of ether oxygens (including phenoxy) is 1. The van der Waals surface area contributed by atoms with Crippen molar-refractivity contribution in [2.75, 3.05) is 27.7 Å². The number of hydrogen-bond donors (Lipinski definition) is 4. The summed E-state index contributed by atoms with van der Waals surface area (Å²) in [5.74, 6) is 0.116. The molecule has 1 aromatic carbocycles. The molecule has 0 aliphatic rings. The number of carbonyl (C=O) groups is 4. The van der Waals surface area contributed by atoms with Crippen LogP contribution in [0.15, 0.2) is 67.3 Å². The highest BCUT2D eigenvalue weighted by molar-refractivity contribution is 5.87. The summed E-state index contributed by atoms with van der Waals surface area (Å²) in [5, 5.41) is 10.4. The van der Waals surface area contributed by atoms with E-state index in [1.54, 1.807) is 26.3 Å². The highest BCUT2D eigenvalue weighted by Crippen LogP contribution is 2.05. The molecule has 9 heteroatoms. The molecule has 9 nitrogen and oxygen atoms in total. The van der Waals surface area contributed by atoms with E-state index in [1.165, 1.54) is 12.6 Å². The molecule has 1 rings (SSSR count). The lowest BCUT2D eigenvalue weighted by Crippen LogP contribution is -2.46. The zero-order valence-corrected chi connectivity index (χ0v) is 27.3. The molecule has 0 saturated carbocycles. The van der Waals surface area contributed by atoms with Crippen molar-refractivity contribution in [2.24, 2.45) is 5.92 Å². The molecule has 0 saturated heterocycles. The zero-order chi connectivity index (χ0) is 33.0. The SMILES string of the molecule is C=C/C=C(/C)C=C.CNC(=O)CNC(=O)C(CC(C)C)NC.COC(C)(C)C.O=CNC(C=O)CCc1ccccc1. The topological polar surface area (TPSA) is 126 Å². The van der Waals surface area contributed by atoms with Crippen LogP contribution in [-0.2, 0) is 30.3 Å². The lowest BCUT2D eigenvalue weighted by atomic mass is 10.0. The number of aldehydes is 1. The maximum absolute atomic E-state index is 11.6. The van der Waals surface area contributed by atoms with Gasteiger partial charge in [-0.3, -0.25) is 14.4 Å². The molecule has 0 radical (unpaired) electrons. The molecule has 0 spiro atoms. The third kappa shape index (κ3) is 29.4. The number of nitrogens with one attached hydrogen (secondary N) is 4. The fraction of sp³-hybridized carbons (Fsp3) is 0.515. The largest absolute Gasteiger partial charge is 0.379 e. The second kappa shape index (κ2) is 27.6. The Morgan fingerprint density at radius 3 is 1.98 bits per heavy atom. The van der Waals surface area contributed by atoms with Crippen molar-refractivity contribution in [1.29, 1.82) is 0 Å². The van der Waals surface area contributed by atoms with Crippen LogP contribution in [0, 0.1) is 5.92 Å². The summed E-state index contributed by atoms with van der Waals surface area (Å²) in [7, 11) is 4.99. The molecule has 2 unspecified atom stereocenters.